The summed E-state index contributed by atoms with van der Waals surface area (Å²) in [6, 6.07) is 5.07. The smallest absolute Gasteiger partial charge is 0.0486 e. The molecule has 1 aromatic carbocycles. The Bertz CT molecular complexity index is 652. The highest BCUT2D eigenvalue weighted by Gasteiger charge is 2.20. The Labute approximate surface area is 121 Å². The maximum absolute atomic E-state index is 5.94. The van der Waals surface area contributed by atoms with E-state index in [0.29, 0.717) is 0 Å². The maximum atomic E-state index is 5.94. The molecule has 3 nitrogen and oxygen atoms in total. The molecule has 0 spiro atoms. The van der Waals surface area contributed by atoms with Crippen LogP contribution >= 0.6 is 0 Å². The highest BCUT2D eigenvalue weighted by atomic mass is 15.1. The number of hydrogen-bond acceptors (Lipinski definition) is 2. The highest BCUT2D eigenvalue weighted by molar-refractivity contribution is 5.87. The van der Waals surface area contributed by atoms with Crippen LogP contribution in [0.3, 0.4) is 0 Å². The molecule has 108 valence electrons. The van der Waals surface area contributed by atoms with Gasteiger partial charge in [0.25, 0.3) is 0 Å². The quantitative estimate of drug-likeness (QED) is 0.931. The van der Waals surface area contributed by atoms with Crippen molar-refractivity contribution in [3.05, 3.63) is 34.5 Å². The van der Waals surface area contributed by atoms with Crippen molar-refractivity contribution in [2.45, 2.75) is 45.8 Å². The first-order chi connectivity index (χ1) is 9.47. The molecule has 0 radical (unpaired) electrons. The average Bonchev–Trinajstić information content (AvgIpc) is 2.84. The van der Waals surface area contributed by atoms with E-state index >= 15 is 0 Å². The number of hydrogen-bond donors (Lipinski definition) is 1. The highest BCUT2D eigenvalue weighted by Crippen LogP contribution is 2.32. The van der Waals surface area contributed by atoms with Gasteiger partial charge in [-0.05, 0) is 62.6 Å². The predicted molar refractivity (Wildman–Crippen MR) is 84.8 cm³/mol. The molecule has 1 unspecified atom stereocenters. The molecule has 0 amide bonds. The number of nitrogens with two attached hydrogens (primary N) is 1. The lowest BCUT2D eigenvalue weighted by molar-refractivity contribution is 0.353. The predicted octanol–water partition coefficient (Wildman–Crippen LogP) is 2.71. The topological polar surface area (TPSA) is 34.2 Å². The summed E-state index contributed by atoms with van der Waals surface area (Å²) >= 11 is 0. The zero-order chi connectivity index (χ0) is 14.4. The van der Waals surface area contributed by atoms with E-state index in [1.54, 1.807) is 0 Å². The van der Waals surface area contributed by atoms with Crippen molar-refractivity contribution >= 4 is 10.9 Å². The molecule has 0 aliphatic carbocycles. The van der Waals surface area contributed by atoms with Gasteiger partial charge in [-0.2, -0.15) is 0 Å². The SMILES string of the molecule is Cc1c(CCC(C)N)c2cc3c(cc2n1C)CN(C)C3. The molecule has 3 rings (SSSR count). The minimum absolute atomic E-state index is 0.269. The Morgan fingerprint density at radius 1 is 1.20 bits per heavy atom. The summed E-state index contributed by atoms with van der Waals surface area (Å²) in [5.74, 6) is 0. The lowest BCUT2D eigenvalue weighted by Crippen LogP contribution is -2.15. The number of rotatable bonds is 3. The van der Waals surface area contributed by atoms with Crippen LogP contribution in [-0.4, -0.2) is 22.6 Å². The van der Waals surface area contributed by atoms with Gasteiger partial charge < -0.3 is 10.3 Å². The summed E-state index contributed by atoms with van der Waals surface area (Å²) in [6.45, 7) is 6.47. The van der Waals surface area contributed by atoms with Crippen LogP contribution in [0.5, 0.6) is 0 Å². The van der Waals surface area contributed by atoms with Gasteiger partial charge >= 0.3 is 0 Å². The van der Waals surface area contributed by atoms with E-state index in [2.05, 4.69) is 49.5 Å². The van der Waals surface area contributed by atoms with Gasteiger partial charge in [0, 0.05) is 42.8 Å². The van der Waals surface area contributed by atoms with Crippen LogP contribution in [0.25, 0.3) is 10.9 Å². The summed E-state index contributed by atoms with van der Waals surface area (Å²) in [5.41, 5.74) is 13.2. The number of aromatic nitrogens is 1. The molecule has 1 aliphatic rings. The molecule has 1 aromatic heterocycles. The fraction of sp³-hybridized carbons (Fsp3) is 0.529. The van der Waals surface area contributed by atoms with Crippen molar-refractivity contribution in [1.29, 1.82) is 0 Å². The summed E-state index contributed by atoms with van der Waals surface area (Å²) in [6.07, 6.45) is 2.13. The second-order valence-electron chi connectivity index (χ2n) is 6.45. The van der Waals surface area contributed by atoms with Crippen molar-refractivity contribution in [2.24, 2.45) is 12.8 Å². The van der Waals surface area contributed by atoms with Gasteiger partial charge in [-0.3, -0.25) is 4.90 Å². The van der Waals surface area contributed by atoms with Crippen LogP contribution in [0.1, 0.15) is 35.7 Å². The monoisotopic (exact) mass is 271 g/mol. The Morgan fingerprint density at radius 3 is 2.50 bits per heavy atom. The Kier molecular flexibility index (Phi) is 3.35. The third-order valence-electron chi connectivity index (χ3n) is 4.67. The van der Waals surface area contributed by atoms with Gasteiger partial charge in [-0.1, -0.05) is 0 Å². The number of benzene rings is 1. The first-order valence-electron chi connectivity index (χ1n) is 7.51. The van der Waals surface area contributed by atoms with Crippen LogP contribution in [0.2, 0.25) is 0 Å². The molecule has 1 atom stereocenters. The van der Waals surface area contributed by atoms with E-state index in [0.717, 1.165) is 25.9 Å². The summed E-state index contributed by atoms with van der Waals surface area (Å²) in [5, 5.41) is 1.43. The van der Waals surface area contributed by atoms with E-state index in [-0.39, 0.29) is 6.04 Å². The summed E-state index contributed by atoms with van der Waals surface area (Å²) in [4.78, 5) is 2.37. The second kappa shape index (κ2) is 4.90. The molecule has 2 aromatic rings. The summed E-state index contributed by atoms with van der Waals surface area (Å²) in [7, 11) is 4.37. The van der Waals surface area contributed by atoms with Gasteiger partial charge in [-0.25, -0.2) is 0 Å². The minimum Gasteiger partial charge on any atom is -0.348 e. The first-order valence-corrected chi connectivity index (χ1v) is 7.51. The van der Waals surface area contributed by atoms with Crippen molar-refractivity contribution in [3.63, 3.8) is 0 Å². The second-order valence-corrected chi connectivity index (χ2v) is 6.45. The molecule has 0 saturated carbocycles. The molecule has 0 fully saturated rings. The minimum atomic E-state index is 0.269. The zero-order valence-electron chi connectivity index (χ0n) is 13.0. The molecule has 3 heteroatoms. The Hall–Kier alpha value is -1.32. The maximum Gasteiger partial charge on any atom is 0.0486 e. The van der Waals surface area contributed by atoms with E-state index in [4.69, 9.17) is 5.73 Å². The van der Waals surface area contributed by atoms with E-state index in [1.807, 2.05) is 0 Å². The molecule has 2 N–H and O–H groups in total. The van der Waals surface area contributed by atoms with Crippen LogP contribution in [0, 0.1) is 6.92 Å². The number of fused-ring (bicyclic) bond motifs is 2. The zero-order valence-corrected chi connectivity index (χ0v) is 13.0. The lowest BCUT2D eigenvalue weighted by Gasteiger charge is -2.06. The van der Waals surface area contributed by atoms with Crippen LogP contribution in [-0.2, 0) is 26.6 Å². The van der Waals surface area contributed by atoms with Crippen LogP contribution < -0.4 is 5.73 Å². The van der Waals surface area contributed by atoms with Crippen molar-refractivity contribution in [1.82, 2.24) is 9.47 Å². The van der Waals surface area contributed by atoms with Crippen LogP contribution in [0.4, 0.5) is 0 Å². The fourth-order valence-electron chi connectivity index (χ4n) is 3.39. The van der Waals surface area contributed by atoms with Gasteiger partial charge in [0.05, 0.1) is 0 Å². The van der Waals surface area contributed by atoms with E-state index in [1.165, 1.54) is 33.3 Å². The van der Waals surface area contributed by atoms with Gasteiger partial charge in [-0.15, -0.1) is 0 Å². The van der Waals surface area contributed by atoms with Crippen molar-refractivity contribution in [2.75, 3.05) is 7.05 Å². The largest absolute Gasteiger partial charge is 0.348 e. The molecule has 0 saturated heterocycles. The Balaban J connectivity index is 2.11. The molecular weight excluding hydrogens is 246 g/mol. The third kappa shape index (κ3) is 2.15. The lowest BCUT2D eigenvalue weighted by atomic mass is 10.0. The van der Waals surface area contributed by atoms with Crippen LogP contribution in [0.15, 0.2) is 12.1 Å². The molecular formula is C17H25N3. The van der Waals surface area contributed by atoms with Crippen molar-refractivity contribution in [3.8, 4) is 0 Å². The molecule has 20 heavy (non-hydrogen) atoms. The van der Waals surface area contributed by atoms with Gasteiger partial charge in [0.1, 0.15) is 0 Å². The number of aryl methyl sites for hydroxylation is 2. The average molecular weight is 271 g/mol. The third-order valence-corrected chi connectivity index (χ3v) is 4.67. The summed E-state index contributed by atoms with van der Waals surface area (Å²) < 4.78 is 2.34. The van der Waals surface area contributed by atoms with Gasteiger partial charge in [0.15, 0.2) is 0 Å². The normalized spacial score (nSPS) is 16.9. The first kappa shape index (κ1) is 13.7. The fourth-order valence-corrected chi connectivity index (χ4v) is 3.39. The Morgan fingerprint density at radius 2 is 1.85 bits per heavy atom. The van der Waals surface area contributed by atoms with Crippen molar-refractivity contribution < 1.29 is 0 Å². The molecule has 1 aliphatic heterocycles. The van der Waals surface area contributed by atoms with Gasteiger partial charge in [0.2, 0.25) is 0 Å². The number of nitrogens with zero attached hydrogens (tertiary/aromatic N) is 2. The molecule has 0 bridgehead atoms. The van der Waals surface area contributed by atoms with E-state index < -0.39 is 0 Å². The standard InChI is InChI=1S/C17H25N3/c1-11(18)5-6-15-12(2)20(4)17-8-14-10-19(3)9-13(14)7-16(15)17/h7-8,11H,5-6,9-10,18H2,1-4H3. The molecule has 2 heterocycles. The van der Waals surface area contributed by atoms with E-state index in [9.17, 15) is 0 Å².